The number of aliphatic hydroxyl groups is 1. The third-order valence-corrected chi connectivity index (χ3v) is 5.41. The Bertz CT molecular complexity index is 1110. The Morgan fingerprint density at radius 1 is 1.06 bits per heavy atom. The fourth-order valence-corrected chi connectivity index (χ4v) is 4.06. The number of nitrogens with zero attached hydrogens (tertiary/aromatic N) is 3. The van der Waals surface area contributed by atoms with Gasteiger partial charge in [-0.3, -0.25) is 4.79 Å². The first-order valence-electron chi connectivity index (χ1n) is 11.6. The van der Waals surface area contributed by atoms with Gasteiger partial charge in [0.1, 0.15) is 11.6 Å². The number of amides is 1. The van der Waals surface area contributed by atoms with E-state index in [1.54, 1.807) is 17.2 Å². The van der Waals surface area contributed by atoms with Gasteiger partial charge in [0, 0.05) is 26.1 Å². The molecule has 0 aliphatic heterocycles. The molecular formula is C26H33F2N5O2. The van der Waals surface area contributed by atoms with Crippen LogP contribution in [0, 0.1) is 17.0 Å². The molecule has 1 amide bonds. The second-order valence-corrected chi connectivity index (χ2v) is 10.0. The molecule has 0 spiro atoms. The van der Waals surface area contributed by atoms with Gasteiger partial charge in [0.05, 0.1) is 30.2 Å². The first-order chi connectivity index (χ1) is 16.5. The maximum absolute atomic E-state index is 13.6. The molecular weight excluding hydrogens is 452 g/mol. The van der Waals surface area contributed by atoms with E-state index in [1.807, 2.05) is 6.07 Å². The summed E-state index contributed by atoms with van der Waals surface area (Å²) in [4.78, 5) is 13.2. The number of rotatable bonds is 10. The standard InChI is InChI=1S/C26H33F2N5O2/c1-17(34)32-23(12-19-10-21(27)13-22(28)11-19)25(35)16-29-15-20-9-18(14-26(2,3)4)5-6-24(20)33-30-7-8-31-33/h5-11,13,23,25,29,35H,12,14-16H2,1-4H3,(H,32,34). The topological polar surface area (TPSA) is 92.1 Å². The zero-order valence-corrected chi connectivity index (χ0v) is 20.6. The molecule has 0 saturated heterocycles. The van der Waals surface area contributed by atoms with Crippen molar-refractivity contribution >= 4 is 5.91 Å². The van der Waals surface area contributed by atoms with Gasteiger partial charge in [-0.2, -0.15) is 15.0 Å². The SMILES string of the molecule is CC(=O)NC(Cc1cc(F)cc(F)c1)C(O)CNCc1cc(CC(C)(C)C)ccc1-n1nccn1. The molecule has 3 N–H and O–H groups in total. The van der Waals surface area contributed by atoms with Crippen molar-refractivity contribution < 1.29 is 18.7 Å². The lowest BCUT2D eigenvalue weighted by atomic mass is 9.87. The minimum atomic E-state index is -0.991. The number of aromatic nitrogens is 3. The van der Waals surface area contributed by atoms with E-state index >= 15 is 0 Å². The average molecular weight is 486 g/mol. The highest BCUT2D eigenvalue weighted by Gasteiger charge is 2.22. The van der Waals surface area contributed by atoms with Crippen LogP contribution in [0.2, 0.25) is 0 Å². The van der Waals surface area contributed by atoms with Crippen LogP contribution in [0.1, 0.15) is 44.4 Å². The molecule has 0 saturated carbocycles. The van der Waals surface area contributed by atoms with E-state index in [0.717, 1.165) is 23.7 Å². The van der Waals surface area contributed by atoms with Crippen LogP contribution in [-0.4, -0.2) is 44.7 Å². The van der Waals surface area contributed by atoms with E-state index in [2.05, 4.69) is 53.7 Å². The van der Waals surface area contributed by atoms with Gasteiger partial charge in [-0.1, -0.05) is 32.9 Å². The number of halogens is 2. The number of nitrogens with one attached hydrogen (secondary N) is 2. The van der Waals surface area contributed by atoms with E-state index < -0.39 is 23.8 Å². The molecule has 0 aliphatic rings. The number of aliphatic hydroxyl groups excluding tert-OH is 1. The second kappa shape index (κ2) is 11.5. The summed E-state index contributed by atoms with van der Waals surface area (Å²) in [7, 11) is 0. The summed E-state index contributed by atoms with van der Waals surface area (Å²) in [6.45, 7) is 8.44. The van der Waals surface area contributed by atoms with E-state index in [1.165, 1.54) is 24.6 Å². The van der Waals surface area contributed by atoms with Crippen molar-refractivity contribution in [3.05, 3.63) is 77.1 Å². The number of hydrogen-bond donors (Lipinski definition) is 3. The Kier molecular flexibility index (Phi) is 8.69. The molecule has 35 heavy (non-hydrogen) atoms. The largest absolute Gasteiger partial charge is 0.390 e. The summed E-state index contributed by atoms with van der Waals surface area (Å²) in [6, 6.07) is 8.60. The smallest absolute Gasteiger partial charge is 0.217 e. The van der Waals surface area contributed by atoms with Gasteiger partial charge in [0.25, 0.3) is 0 Å². The number of carbonyl (C=O) groups is 1. The van der Waals surface area contributed by atoms with E-state index in [-0.39, 0.29) is 24.3 Å². The fourth-order valence-electron chi connectivity index (χ4n) is 4.06. The highest BCUT2D eigenvalue weighted by molar-refractivity contribution is 5.73. The second-order valence-electron chi connectivity index (χ2n) is 10.0. The summed E-state index contributed by atoms with van der Waals surface area (Å²) in [6.07, 6.45) is 3.20. The lowest BCUT2D eigenvalue weighted by Gasteiger charge is -2.25. The third kappa shape index (κ3) is 8.22. The molecule has 1 aromatic heterocycles. The maximum atomic E-state index is 13.6. The van der Waals surface area contributed by atoms with Crippen LogP contribution in [0.15, 0.2) is 48.8 Å². The molecule has 188 valence electrons. The molecule has 1 heterocycles. The lowest BCUT2D eigenvalue weighted by molar-refractivity contribution is -0.120. The molecule has 2 unspecified atom stereocenters. The van der Waals surface area contributed by atoms with Crippen molar-refractivity contribution in [2.45, 2.75) is 59.2 Å². The van der Waals surface area contributed by atoms with Gasteiger partial charge >= 0.3 is 0 Å². The average Bonchev–Trinajstić information content (AvgIpc) is 3.26. The number of carbonyl (C=O) groups excluding carboxylic acids is 1. The van der Waals surface area contributed by atoms with Crippen LogP contribution in [0.4, 0.5) is 8.78 Å². The predicted octanol–water partition coefficient (Wildman–Crippen LogP) is 3.33. The Morgan fingerprint density at radius 2 is 1.71 bits per heavy atom. The first kappa shape index (κ1) is 26.4. The molecule has 2 atom stereocenters. The summed E-state index contributed by atoms with van der Waals surface area (Å²) >= 11 is 0. The van der Waals surface area contributed by atoms with Crippen molar-refractivity contribution in [1.82, 2.24) is 25.6 Å². The molecule has 9 heteroatoms. The van der Waals surface area contributed by atoms with Crippen molar-refractivity contribution in [2.24, 2.45) is 5.41 Å². The minimum absolute atomic E-state index is 0.0840. The molecule has 3 rings (SSSR count). The summed E-state index contributed by atoms with van der Waals surface area (Å²) < 4.78 is 27.2. The van der Waals surface area contributed by atoms with Gasteiger partial charge in [-0.25, -0.2) is 8.78 Å². The van der Waals surface area contributed by atoms with Gasteiger partial charge in [0.2, 0.25) is 5.91 Å². The van der Waals surface area contributed by atoms with Gasteiger partial charge < -0.3 is 15.7 Å². The Labute approximate surface area is 204 Å². The predicted molar refractivity (Wildman–Crippen MR) is 130 cm³/mol. The molecule has 0 radical (unpaired) electrons. The van der Waals surface area contributed by atoms with Crippen LogP contribution in [0.25, 0.3) is 5.69 Å². The molecule has 2 aromatic carbocycles. The van der Waals surface area contributed by atoms with Crippen molar-refractivity contribution in [3.63, 3.8) is 0 Å². The van der Waals surface area contributed by atoms with Gasteiger partial charge in [-0.15, -0.1) is 0 Å². The Balaban J connectivity index is 1.72. The lowest BCUT2D eigenvalue weighted by Crippen LogP contribution is -2.48. The zero-order chi connectivity index (χ0) is 25.6. The number of hydrogen-bond acceptors (Lipinski definition) is 5. The zero-order valence-electron chi connectivity index (χ0n) is 20.6. The van der Waals surface area contributed by atoms with E-state index in [0.29, 0.717) is 12.1 Å². The summed E-state index contributed by atoms with van der Waals surface area (Å²) in [5.41, 5.74) is 3.42. The highest BCUT2D eigenvalue weighted by Crippen LogP contribution is 2.23. The Hall–Kier alpha value is -3.17. The van der Waals surface area contributed by atoms with Crippen LogP contribution < -0.4 is 10.6 Å². The van der Waals surface area contributed by atoms with E-state index in [4.69, 9.17) is 0 Å². The van der Waals surface area contributed by atoms with Crippen molar-refractivity contribution in [3.8, 4) is 5.69 Å². The summed E-state index contributed by atoms with van der Waals surface area (Å²) in [5.74, 6) is -1.75. The molecule has 3 aromatic rings. The monoisotopic (exact) mass is 485 g/mol. The van der Waals surface area contributed by atoms with Gasteiger partial charge in [0.15, 0.2) is 0 Å². The quantitative estimate of drug-likeness (QED) is 0.410. The maximum Gasteiger partial charge on any atom is 0.217 e. The van der Waals surface area contributed by atoms with Crippen LogP contribution in [0.5, 0.6) is 0 Å². The van der Waals surface area contributed by atoms with Crippen LogP contribution in [-0.2, 0) is 24.2 Å². The van der Waals surface area contributed by atoms with Crippen LogP contribution in [0.3, 0.4) is 0 Å². The molecule has 7 nitrogen and oxygen atoms in total. The Morgan fingerprint density at radius 3 is 2.31 bits per heavy atom. The molecule has 0 bridgehead atoms. The molecule has 0 aliphatic carbocycles. The summed E-state index contributed by atoms with van der Waals surface area (Å²) in [5, 5.41) is 25.2. The van der Waals surface area contributed by atoms with Crippen LogP contribution >= 0.6 is 0 Å². The fraction of sp³-hybridized carbons (Fsp3) is 0.423. The van der Waals surface area contributed by atoms with Crippen molar-refractivity contribution in [2.75, 3.05) is 6.54 Å². The number of benzene rings is 2. The first-order valence-corrected chi connectivity index (χ1v) is 11.6. The van der Waals surface area contributed by atoms with Crippen molar-refractivity contribution in [1.29, 1.82) is 0 Å². The minimum Gasteiger partial charge on any atom is -0.390 e. The highest BCUT2D eigenvalue weighted by atomic mass is 19.1. The third-order valence-electron chi connectivity index (χ3n) is 5.41. The van der Waals surface area contributed by atoms with Gasteiger partial charge in [-0.05, 0) is 53.1 Å². The molecule has 0 fully saturated rings. The normalized spacial score (nSPS) is 13.5. The van der Waals surface area contributed by atoms with E-state index in [9.17, 15) is 18.7 Å².